The highest BCUT2D eigenvalue weighted by atomic mass is 16.5. The van der Waals surface area contributed by atoms with Crippen LogP contribution in [0.4, 0.5) is 0 Å². The Morgan fingerprint density at radius 2 is 1.75 bits per heavy atom. The Kier molecular flexibility index (Phi) is 3.01. The molecule has 0 heterocycles. The van der Waals surface area contributed by atoms with Gasteiger partial charge in [0.2, 0.25) is 0 Å². The second kappa shape index (κ2) is 4.62. The van der Waals surface area contributed by atoms with Crippen LogP contribution >= 0.6 is 0 Å². The fourth-order valence-electron chi connectivity index (χ4n) is 1.70. The third-order valence-electron chi connectivity index (χ3n) is 2.46. The van der Waals surface area contributed by atoms with E-state index in [4.69, 9.17) is 4.74 Å². The summed E-state index contributed by atoms with van der Waals surface area (Å²) in [6, 6.07) is 15.7. The van der Waals surface area contributed by atoms with Crippen LogP contribution in [0.5, 0.6) is 5.75 Å². The van der Waals surface area contributed by atoms with Gasteiger partial charge in [0.25, 0.3) is 6.47 Å². The molecule has 80 valence electrons. The molecule has 0 bridgehead atoms. The van der Waals surface area contributed by atoms with Crippen molar-refractivity contribution in [2.24, 2.45) is 0 Å². The lowest BCUT2D eigenvalue weighted by molar-refractivity contribution is -0.120. The average Bonchev–Trinajstić information content (AvgIpc) is 2.33. The summed E-state index contributed by atoms with van der Waals surface area (Å²) in [5, 5.41) is 0. The molecule has 0 unspecified atom stereocenters. The molecule has 16 heavy (non-hydrogen) atoms. The zero-order valence-corrected chi connectivity index (χ0v) is 9.01. The van der Waals surface area contributed by atoms with Crippen LogP contribution in [-0.2, 0) is 4.79 Å². The van der Waals surface area contributed by atoms with Crippen molar-refractivity contribution in [2.45, 2.75) is 6.92 Å². The second-order valence-corrected chi connectivity index (χ2v) is 3.53. The minimum atomic E-state index is 0.467. The number of carbonyl (C=O) groups excluding carboxylic acids is 1. The molecule has 2 heteroatoms. The number of aryl methyl sites for hydroxylation is 1. The average molecular weight is 212 g/mol. The van der Waals surface area contributed by atoms with E-state index in [1.54, 1.807) is 0 Å². The van der Waals surface area contributed by atoms with E-state index >= 15 is 0 Å². The Labute approximate surface area is 94.5 Å². The smallest absolute Gasteiger partial charge is 0.298 e. The van der Waals surface area contributed by atoms with E-state index in [9.17, 15) is 4.79 Å². The number of rotatable bonds is 3. The number of hydrogen-bond donors (Lipinski definition) is 0. The number of carbonyl (C=O) groups is 1. The van der Waals surface area contributed by atoms with Crippen molar-refractivity contribution in [2.75, 3.05) is 0 Å². The second-order valence-electron chi connectivity index (χ2n) is 3.53. The third-order valence-corrected chi connectivity index (χ3v) is 2.46. The first-order chi connectivity index (χ1) is 7.83. The summed E-state index contributed by atoms with van der Waals surface area (Å²) in [6.07, 6.45) is 0. The molecular weight excluding hydrogens is 200 g/mol. The summed E-state index contributed by atoms with van der Waals surface area (Å²) < 4.78 is 5.04. The topological polar surface area (TPSA) is 26.3 Å². The first-order valence-electron chi connectivity index (χ1n) is 5.08. The molecule has 2 aromatic rings. The first kappa shape index (κ1) is 10.4. The van der Waals surface area contributed by atoms with Crippen LogP contribution in [0.3, 0.4) is 0 Å². The van der Waals surface area contributed by atoms with E-state index in [0.29, 0.717) is 12.2 Å². The van der Waals surface area contributed by atoms with Gasteiger partial charge in [-0.05, 0) is 18.1 Å². The molecule has 2 aromatic carbocycles. The van der Waals surface area contributed by atoms with Gasteiger partial charge in [-0.15, -0.1) is 0 Å². The normalized spacial score (nSPS) is 9.81. The van der Waals surface area contributed by atoms with Crippen molar-refractivity contribution < 1.29 is 9.53 Å². The molecule has 0 saturated heterocycles. The van der Waals surface area contributed by atoms with Gasteiger partial charge in [-0.25, -0.2) is 0 Å². The van der Waals surface area contributed by atoms with E-state index < -0.39 is 0 Å². The van der Waals surface area contributed by atoms with Gasteiger partial charge >= 0.3 is 0 Å². The molecule has 0 aromatic heterocycles. The van der Waals surface area contributed by atoms with Gasteiger partial charge in [-0.3, -0.25) is 4.79 Å². The monoisotopic (exact) mass is 212 g/mol. The largest absolute Gasteiger partial charge is 0.428 e. The molecule has 0 fully saturated rings. The minimum absolute atomic E-state index is 0.467. The predicted octanol–water partition coefficient (Wildman–Crippen LogP) is 3.20. The SMILES string of the molecule is Cc1cccc(-c2ccccc2)c1OC=O. The molecule has 0 aliphatic carbocycles. The molecule has 0 amide bonds. The maximum Gasteiger partial charge on any atom is 0.298 e. The Morgan fingerprint density at radius 3 is 2.44 bits per heavy atom. The zero-order valence-electron chi connectivity index (χ0n) is 9.01. The van der Waals surface area contributed by atoms with Crippen LogP contribution in [0.2, 0.25) is 0 Å². The highest BCUT2D eigenvalue weighted by Crippen LogP contribution is 2.32. The molecule has 2 nitrogen and oxygen atoms in total. The lowest BCUT2D eigenvalue weighted by Gasteiger charge is -2.09. The van der Waals surface area contributed by atoms with Crippen LogP contribution in [-0.4, -0.2) is 6.47 Å². The number of para-hydroxylation sites is 1. The van der Waals surface area contributed by atoms with Crippen molar-refractivity contribution in [3.05, 3.63) is 54.1 Å². The lowest BCUT2D eigenvalue weighted by atomic mass is 10.0. The van der Waals surface area contributed by atoms with Gasteiger partial charge in [0.05, 0.1) is 0 Å². The zero-order chi connectivity index (χ0) is 11.4. The van der Waals surface area contributed by atoms with E-state index in [1.165, 1.54) is 0 Å². The highest BCUT2D eigenvalue weighted by molar-refractivity contribution is 5.73. The third kappa shape index (κ3) is 1.96. The molecule has 0 aliphatic rings. The Morgan fingerprint density at radius 1 is 1.00 bits per heavy atom. The molecule has 0 spiro atoms. The van der Waals surface area contributed by atoms with Gasteiger partial charge in [-0.1, -0.05) is 48.5 Å². The summed E-state index contributed by atoms with van der Waals surface area (Å²) in [5.74, 6) is 0.628. The summed E-state index contributed by atoms with van der Waals surface area (Å²) in [6.45, 7) is 2.39. The molecule has 0 saturated carbocycles. The van der Waals surface area contributed by atoms with E-state index in [0.717, 1.165) is 16.7 Å². The molecule has 2 rings (SSSR count). The van der Waals surface area contributed by atoms with E-state index in [2.05, 4.69) is 0 Å². The number of ether oxygens (including phenoxy) is 1. The van der Waals surface area contributed by atoms with Crippen molar-refractivity contribution in [1.82, 2.24) is 0 Å². The lowest BCUT2D eigenvalue weighted by Crippen LogP contribution is -1.94. The molecule has 0 aliphatic heterocycles. The predicted molar refractivity (Wildman–Crippen MR) is 63.3 cm³/mol. The summed E-state index contributed by atoms with van der Waals surface area (Å²) >= 11 is 0. The summed E-state index contributed by atoms with van der Waals surface area (Å²) in [7, 11) is 0. The fraction of sp³-hybridized carbons (Fsp3) is 0.0714. The van der Waals surface area contributed by atoms with Crippen molar-refractivity contribution in [3.8, 4) is 16.9 Å². The minimum Gasteiger partial charge on any atom is -0.428 e. The maximum absolute atomic E-state index is 10.5. The van der Waals surface area contributed by atoms with Gasteiger partial charge in [0.15, 0.2) is 0 Å². The quantitative estimate of drug-likeness (QED) is 0.730. The van der Waals surface area contributed by atoms with Gasteiger partial charge in [-0.2, -0.15) is 0 Å². The van der Waals surface area contributed by atoms with Gasteiger partial charge in [0, 0.05) is 5.56 Å². The van der Waals surface area contributed by atoms with Crippen LogP contribution in [0.25, 0.3) is 11.1 Å². The number of hydrogen-bond acceptors (Lipinski definition) is 2. The Hall–Kier alpha value is -2.09. The highest BCUT2D eigenvalue weighted by Gasteiger charge is 2.08. The van der Waals surface area contributed by atoms with Crippen LogP contribution in [0.15, 0.2) is 48.5 Å². The van der Waals surface area contributed by atoms with Crippen molar-refractivity contribution >= 4 is 6.47 Å². The Bertz CT molecular complexity index is 489. The van der Waals surface area contributed by atoms with E-state index in [1.807, 2.05) is 55.5 Å². The Balaban J connectivity index is 2.56. The summed E-state index contributed by atoms with van der Waals surface area (Å²) in [4.78, 5) is 10.5. The fourth-order valence-corrected chi connectivity index (χ4v) is 1.70. The van der Waals surface area contributed by atoms with Crippen LogP contribution < -0.4 is 4.74 Å². The van der Waals surface area contributed by atoms with Crippen LogP contribution in [0, 0.1) is 6.92 Å². The van der Waals surface area contributed by atoms with Crippen molar-refractivity contribution in [3.63, 3.8) is 0 Å². The molecular formula is C14H12O2. The molecule has 0 atom stereocenters. The van der Waals surface area contributed by atoms with E-state index in [-0.39, 0.29) is 0 Å². The number of benzene rings is 2. The summed E-state index contributed by atoms with van der Waals surface area (Å²) in [5.41, 5.74) is 2.93. The van der Waals surface area contributed by atoms with Crippen LogP contribution in [0.1, 0.15) is 5.56 Å². The molecule has 0 N–H and O–H groups in total. The van der Waals surface area contributed by atoms with Gasteiger partial charge < -0.3 is 4.74 Å². The standard InChI is InChI=1S/C14H12O2/c1-11-6-5-9-13(14(11)16-10-15)12-7-3-2-4-8-12/h2-10H,1H3. The maximum atomic E-state index is 10.5. The molecule has 0 radical (unpaired) electrons. The first-order valence-corrected chi connectivity index (χ1v) is 5.08. The van der Waals surface area contributed by atoms with Crippen molar-refractivity contribution in [1.29, 1.82) is 0 Å². The van der Waals surface area contributed by atoms with Gasteiger partial charge in [0.1, 0.15) is 5.75 Å².